The lowest BCUT2D eigenvalue weighted by molar-refractivity contribution is 0.126. The summed E-state index contributed by atoms with van der Waals surface area (Å²) >= 11 is 0. The number of pyridine rings is 1. The number of nitrogens with one attached hydrogen (secondary N) is 1. The Hall–Kier alpha value is -1.75. The third kappa shape index (κ3) is 4.32. The molecule has 0 fully saturated rings. The molecule has 0 amide bonds. The lowest BCUT2D eigenvalue weighted by Crippen LogP contribution is -2.36. The fraction of sp³-hybridized carbons (Fsp3) is 0.625. The van der Waals surface area contributed by atoms with Crippen LogP contribution in [0.5, 0.6) is 0 Å². The minimum Gasteiger partial charge on any atom is -0.382 e. The van der Waals surface area contributed by atoms with Crippen LogP contribution >= 0.6 is 0 Å². The van der Waals surface area contributed by atoms with Crippen LogP contribution in [0.15, 0.2) is 0 Å². The molecule has 0 aromatic carbocycles. The number of anilines is 1. The third-order valence-electron chi connectivity index (χ3n) is 4.23. The highest BCUT2D eigenvalue weighted by Crippen LogP contribution is 2.26. The Balaban J connectivity index is 2.29. The summed E-state index contributed by atoms with van der Waals surface area (Å²) in [6, 6.07) is 0. The summed E-state index contributed by atoms with van der Waals surface area (Å²) < 4.78 is 34.9. The summed E-state index contributed by atoms with van der Waals surface area (Å²) in [6.45, 7) is 7.70. The van der Waals surface area contributed by atoms with Crippen LogP contribution in [0.4, 0.5) is 5.82 Å². The van der Waals surface area contributed by atoms with Gasteiger partial charge in [0, 0.05) is 39.5 Å². The number of hydrogen-bond donors (Lipinski definition) is 2. The van der Waals surface area contributed by atoms with Crippen LogP contribution in [-0.4, -0.2) is 54.5 Å². The first-order chi connectivity index (χ1) is 12.2. The Morgan fingerprint density at radius 3 is 2.58 bits per heavy atom. The summed E-state index contributed by atoms with van der Waals surface area (Å²) in [5.41, 5.74) is 9.52. The largest absolute Gasteiger partial charge is 0.382 e. The first kappa shape index (κ1) is 20.6. The molecular weight excluding hydrogens is 356 g/mol. The van der Waals surface area contributed by atoms with Gasteiger partial charge in [-0.2, -0.15) is 12.7 Å². The highest BCUT2D eigenvalue weighted by atomic mass is 32.2. The zero-order chi connectivity index (χ0) is 19.5. The van der Waals surface area contributed by atoms with E-state index >= 15 is 0 Å². The standard InChI is InChI=1S/C16H28N6O3S/c1-6-25-10-13-20-14-15(11(2)12(3)19-16(14)17)22(13)9-7-8-18-26(23,24)21(4)5/h18H,6-10H2,1-5H3,(H2,17,19). The molecule has 26 heavy (non-hydrogen) atoms. The quantitative estimate of drug-likeness (QED) is 0.622. The summed E-state index contributed by atoms with van der Waals surface area (Å²) in [5.74, 6) is 1.16. The van der Waals surface area contributed by atoms with E-state index in [0.717, 1.165) is 26.9 Å². The average molecular weight is 385 g/mol. The topological polar surface area (TPSA) is 115 Å². The number of hydrogen-bond acceptors (Lipinski definition) is 6. The van der Waals surface area contributed by atoms with Gasteiger partial charge < -0.3 is 15.0 Å². The number of fused-ring (bicyclic) bond motifs is 1. The van der Waals surface area contributed by atoms with Gasteiger partial charge in [0.2, 0.25) is 0 Å². The minimum absolute atomic E-state index is 0.326. The molecule has 10 heteroatoms. The van der Waals surface area contributed by atoms with Gasteiger partial charge in [-0.3, -0.25) is 0 Å². The van der Waals surface area contributed by atoms with Crippen LogP contribution < -0.4 is 10.5 Å². The van der Waals surface area contributed by atoms with Crippen molar-refractivity contribution >= 4 is 27.1 Å². The van der Waals surface area contributed by atoms with Gasteiger partial charge in [0.15, 0.2) is 5.82 Å². The molecule has 2 aromatic rings. The van der Waals surface area contributed by atoms with E-state index in [2.05, 4.69) is 19.3 Å². The third-order valence-corrected chi connectivity index (χ3v) is 5.76. The number of nitrogen functional groups attached to an aromatic ring is 1. The summed E-state index contributed by atoms with van der Waals surface area (Å²) in [5, 5.41) is 0. The molecular formula is C16H28N6O3S. The first-order valence-corrected chi connectivity index (χ1v) is 9.99. The van der Waals surface area contributed by atoms with Gasteiger partial charge in [-0.05, 0) is 32.8 Å². The van der Waals surface area contributed by atoms with Crippen molar-refractivity contribution < 1.29 is 13.2 Å². The molecule has 0 aliphatic carbocycles. The summed E-state index contributed by atoms with van der Waals surface area (Å²) in [6.07, 6.45) is 0.609. The average Bonchev–Trinajstić information content (AvgIpc) is 2.94. The molecule has 0 saturated carbocycles. The van der Waals surface area contributed by atoms with E-state index in [9.17, 15) is 8.42 Å². The van der Waals surface area contributed by atoms with E-state index in [0.29, 0.717) is 44.1 Å². The minimum atomic E-state index is -3.42. The molecule has 0 atom stereocenters. The number of aromatic nitrogens is 3. The van der Waals surface area contributed by atoms with E-state index in [4.69, 9.17) is 10.5 Å². The number of nitrogens with zero attached hydrogens (tertiary/aromatic N) is 4. The van der Waals surface area contributed by atoms with Gasteiger partial charge in [0.25, 0.3) is 10.2 Å². The Bertz CT molecular complexity index is 876. The van der Waals surface area contributed by atoms with Crippen molar-refractivity contribution in [2.45, 2.75) is 40.3 Å². The van der Waals surface area contributed by atoms with Gasteiger partial charge in [-0.25, -0.2) is 14.7 Å². The van der Waals surface area contributed by atoms with Crippen molar-refractivity contribution in [2.75, 3.05) is 33.0 Å². The number of ether oxygens (including phenoxy) is 1. The second-order valence-corrected chi connectivity index (χ2v) is 8.23. The van der Waals surface area contributed by atoms with E-state index in [-0.39, 0.29) is 0 Å². The number of imidazole rings is 1. The lowest BCUT2D eigenvalue weighted by Gasteiger charge is -2.14. The molecule has 0 unspecified atom stereocenters. The smallest absolute Gasteiger partial charge is 0.278 e. The van der Waals surface area contributed by atoms with Gasteiger partial charge in [-0.1, -0.05) is 0 Å². The Kier molecular flexibility index (Phi) is 6.56. The normalized spacial score (nSPS) is 12.4. The molecule has 0 radical (unpaired) electrons. The van der Waals surface area contributed by atoms with Gasteiger partial charge >= 0.3 is 0 Å². The number of aryl methyl sites for hydroxylation is 3. The predicted molar refractivity (Wildman–Crippen MR) is 102 cm³/mol. The van der Waals surface area contributed by atoms with Gasteiger partial charge in [0.1, 0.15) is 17.9 Å². The Labute approximate surface area is 154 Å². The molecule has 2 rings (SSSR count). The van der Waals surface area contributed by atoms with Crippen molar-refractivity contribution in [2.24, 2.45) is 0 Å². The van der Waals surface area contributed by atoms with Crippen molar-refractivity contribution in [3.8, 4) is 0 Å². The summed E-state index contributed by atoms with van der Waals surface area (Å²) in [7, 11) is -0.436. The van der Waals surface area contributed by atoms with Crippen molar-refractivity contribution in [1.82, 2.24) is 23.6 Å². The molecule has 0 bridgehead atoms. The maximum atomic E-state index is 11.8. The van der Waals surface area contributed by atoms with Crippen molar-refractivity contribution in [3.05, 3.63) is 17.1 Å². The Morgan fingerprint density at radius 1 is 1.27 bits per heavy atom. The molecule has 0 saturated heterocycles. The zero-order valence-corrected chi connectivity index (χ0v) is 16.9. The second kappa shape index (κ2) is 8.30. The monoisotopic (exact) mass is 384 g/mol. The molecule has 2 aromatic heterocycles. The highest BCUT2D eigenvalue weighted by molar-refractivity contribution is 7.87. The van der Waals surface area contributed by atoms with Gasteiger partial charge in [0.05, 0.1) is 5.52 Å². The molecule has 0 aliphatic heterocycles. The van der Waals surface area contributed by atoms with Crippen LogP contribution in [-0.2, 0) is 28.1 Å². The van der Waals surface area contributed by atoms with Crippen molar-refractivity contribution in [1.29, 1.82) is 0 Å². The van der Waals surface area contributed by atoms with E-state index in [1.807, 2.05) is 20.8 Å². The molecule has 9 nitrogen and oxygen atoms in total. The second-order valence-electron chi connectivity index (χ2n) is 6.26. The fourth-order valence-corrected chi connectivity index (χ4v) is 3.32. The number of nitrogens with two attached hydrogens (primary N) is 1. The van der Waals surface area contributed by atoms with Crippen LogP contribution in [0.25, 0.3) is 11.0 Å². The molecule has 0 aliphatic rings. The molecule has 2 heterocycles. The van der Waals surface area contributed by atoms with Crippen LogP contribution in [0.1, 0.15) is 30.4 Å². The van der Waals surface area contributed by atoms with Crippen LogP contribution in [0, 0.1) is 13.8 Å². The van der Waals surface area contributed by atoms with Crippen LogP contribution in [0.3, 0.4) is 0 Å². The Morgan fingerprint density at radius 2 is 1.96 bits per heavy atom. The van der Waals surface area contributed by atoms with Crippen molar-refractivity contribution in [3.63, 3.8) is 0 Å². The predicted octanol–water partition coefficient (Wildman–Crippen LogP) is 0.953. The first-order valence-electron chi connectivity index (χ1n) is 8.55. The number of rotatable bonds is 9. The molecule has 146 valence electrons. The SMILES string of the molecule is CCOCc1nc2c(N)nc(C)c(C)c2n1CCCNS(=O)(=O)N(C)C. The highest BCUT2D eigenvalue weighted by Gasteiger charge is 2.18. The maximum Gasteiger partial charge on any atom is 0.278 e. The van der Waals surface area contributed by atoms with E-state index in [1.54, 1.807) is 0 Å². The maximum absolute atomic E-state index is 11.8. The zero-order valence-electron chi connectivity index (χ0n) is 16.0. The van der Waals surface area contributed by atoms with E-state index in [1.165, 1.54) is 14.1 Å². The lowest BCUT2D eigenvalue weighted by atomic mass is 10.2. The van der Waals surface area contributed by atoms with E-state index < -0.39 is 10.2 Å². The fourth-order valence-electron chi connectivity index (χ4n) is 2.66. The summed E-state index contributed by atoms with van der Waals surface area (Å²) in [4.78, 5) is 8.96. The molecule has 0 spiro atoms. The molecule has 3 N–H and O–H groups in total. The van der Waals surface area contributed by atoms with Gasteiger partial charge in [-0.15, -0.1) is 0 Å². The van der Waals surface area contributed by atoms with Crippen LogP contribution in [0.2, 0.25) is 0 Å².